The zero-order valence-corrected chi connectivity index (χ0v) is 18.6. The molecule has 0 atom stereocenters. The maximum Gasteiger partial charge on any atom is 0.262 e. The van der Waals surface area contributed by atoms with Gasteiger partial charge in [0.05, 0.1) is 16.7 Å². The molecule has 0 aliphatic rings. The van der Waals surface area contributed by atoms with Crippen LogP contribution in [0.15, 0.2) is 59.0 Å². The lowest BCUT2D eigenvalue weighted by atomic mass is 10.0. The minimum Gasteiger partial charge on any atom is -0.325 e. The third-order valence-electron chi connectivity index (χ3n) is 4.79. The molecule has 30 heavy (non-hydrogen) atoms. The Balaban J connectivity index is 1.86. The number of halogens is 1. The Morgan fingerprint density at radius 3 is 2.57 bits per heavy atom. The maximum absolute atomic E-state index is 12.9. The lowest BCUT2D eigenvalue weighted by Crippen LogP contribution is -2.24. The van der Waals surface area contributed by atoms with Gasteiger partial charge in [-0.15, -0.1) is 6.58 Å². The number of anilines is 1. The summed E-state index contributed by atoms with van der Waals surface area (Å²) < 4.78 is 1.53. The number of nitrogens with zero attached hydrogens (tertiary/aromatic N) is 2. The van der Waals surface area contributed by atoms with E-state index in [9.17, 15) is 9.59 Å². The molecule has 0 spiro atoms. The van der Waals surface area contributed by atoms with Crippen LogP contribution in [0.2, 0.25) is 5.02 Å². The number of nitrogens with one attached hydrogen (secondary N) is 1. The van der Waals surface area contributed by atoms with Gasteiger partial charge in [0.15, 0.2) is 5.16 Å². The molecule has 0 aliphatic carbocycles. The number of aromatic nitrogens is 2. The van der Waals surface area contributed by atoms with E-state index in [-0.39, 0.29) is 17.2 Å². The average molecular weight is 442 g/mol. The third-order valence-corrected chi connectivity index (χ3v) is 6.00. The van der Waals surface area contributed by atoms with E-state index in [1.807, 2.05) is 18.2 Å². The monoisotopic (exact) mass is 441 g/mol. The van der Waals surface area contributed by atoms with E-state index in [4.69, 9.17) is 11.6 Å². The summed E-state index contributed by atoms with van der Waals surface area (Å²) in [6, 6.07) is 11.1. The molecule has 0 saturated carbocycles. The lowest BCUT2D eigenvalue weighted by Gasteiger charge is -2.15. The molecular formula is C23H24ClN3O2S. The van der Waals surface area contributed by atoms with Gasteiger partial charge in [0, 0.05) is 17.3 Å². The van der Waals surface area contributed by atoms with Gasteiger partial charge in [-0.1, -0.05) is 61.5 Å². The number of carbonyl (C=O) groups is 1. The van der Waals surface area contributed by atoms with Crippen molar-refractivity contribution < 1.29 is 4.79 Å². The van der Waals surface area contributed by atoms with Crippen molar-refractivity contribution in [2.45, 2.75) is 38.4 Å². The molecule has 1 aromatic heterocycles. The molecule has 0 radical (unpaired) electrons. The van der Waals surface area contributed by atoms with Crippen molar-refractivity contribution in [1.82, 2.24) is 9.55 Å². The summed E-state index contributed by atoms with van der Waals surface area (Å²) in [6.07, 6.45) is 3.31. The minimum atomic E-state index is -0.177. The molecule has 2 aromatic carbocycles. The molecule has 5 nitrogen and oxygen atoms in total. The number of benzene rings is 2. The molecule has 0 aliphatic heterocycles. The summed E-state index contributed by atoms with van der Waals surface area (Å²) in [6.45, 7) is 8.17. The Morgan fingerprint density at radius 2 is 1.93 bits per heavy atom. The SMILES string of the molecule is C=CCn1c(SCC(=O)Nc2c(CC)cccc2CC)nc2cc(Cl)ccc2c1=O. The Kier molecular flexibility index (Phi) is 7.34. The number of carbonyl (C=O) groups excluding carboxylic acids is 1. The quantitative estimate of drug-likeness (QED) is 0.300. The smallest absolute Gasteiger partial charge is 0.262 e. The molecule has 3 rings (SSSR count). The molecule has 156 valence electrons. The van der Waals surface area contributed by atoms with Crippen molar-refractivity contribution in [3.8, 4) is 0 Å². The first kappa shape index (κ1) is 22.1. The predicted molar refractivity (Wildman–Crippen MR) is 126 cm³/mol. The number of hydrogen-bond acceptors (Lipinski definition) is 4. The summed E-state index contributed by atoms with van der Waals surface area (Å²) in [7, 11) is 0. The maximum atomic E-state index is 12.9. The van der Waals surface area contributed by atoms with E-state index >= 15 is 0 Å². The molecule has 0 bridgehead atoms. The Morgan fingerprint density at radius 1 is 1.23 bits per heavy atom. The van der Waals surface area contributed by atoms with Gasteiger partial charge in [0.1, 0.15) is 0 Å². The highest BCUT2D eigenvalue weighted by Gasteiger charge is 2.15. The van der Waals surface area contributed by atoms with Crippen LogP contribution in [0, 0.1) is 0 Å². The van der Waals surface area contributed by atoms with Crippen molar-refractivity contribution in [2.75, 3.05) is 11.1 Å². The summed E-state index contributed by atoms with van der Waals surface area (Å²) in [4.78, 5) is 30.2. The van der Waals surface area contributed by atoms with Gasteiger partial charge in [0.2, 0.25) is 5.91 Å². The molecule has 7 heteroatoms. The average Bonchev–Trinajstić information content (AvgIpc) is 2.74. The van der Waals surface area contributed by atoms with Crippen LogP contribution in [0.4, 0.5) is 5.69 Å². The fraction of sp³-hybridized carbons (Fsp3) is 0.261. The highest BCUT2D eigenvalue weighted by atomic mass is 35.5. The van der Waals surface area contributed by atoms with Crippen LogP contribution in [0.3, 0.4) is 0 Å². The van der Waals surface area contributed by atoms with E-state index in [1.54, 1.807) is 24.3 Å². The highest BCUT2D eigenvalue weighted by Crippen LogP contribution is 2.24. The highest BCUT2D eigenvalue weighted by molar-refractivity contribution is 7.99. The summed E-state index contributed by atoms with van der Waals surface area (Å²) in [5.41, 5.74) is 3.43. The number of allylic oxidation sites excluding steroid dienone is 1. The Bertz CT molecular complexity index is 1130. The summed E-state index contributed by atoms with van der Waals surface area (Å²) in [5, 5.41) is 4.50. The molecule has 1 amide bonds. The van der Waals surface area contributed by atoms with E-state index in [1.165, 1.54) is 16.3 Å². The van der Waals surface area contributed by atoms with Gasteiger partial charge in [0.25, 0.3) is 5.56 Å². The number of para-hydroxylation sites is 1. The number of hydrogen-bond donors (Lipinski definition) is 1. The standard InChI is InChI=1S/C23H24ClN3O2S/c1-4-12-27-22(29)18-11-10-17(24)13-19(18)25-23(27)30-14-20(28)26-21-15(5-2)8-7-9-16(21)6-3/h4,7-11,13H,1,5-6,12,14H2,2-3H3,(H,26,28). The largest absolute Gasteiger partial charge is 0.325 e. The second kappa shape index (κ2) is 9.96. The molecule has 1 N–H and O–H groups in total. The van der Waals surface area contributed by atoms with E-state index < -0.39 is 0 Å². The molecular weight excluding hydrogens is 418 g/mol. The van der Waals surface area contributed by atoms with Crippen LogP contribution < -0.4 is 10.9 Å². The van der Waals surface area contributed by atoms with Gasteiger partial charge in [-0.05, 0) is 42.2 Å². The van der Waals surface area contributed by atoms with Crippen molar-refractivity contribution in [2.24, 2.45) is 0 Å². The van der Waals surface area contributed by atoms with Gasteiger partial charge in [-0.2, -0.15) is 0 Å². The number of amides is 1. The van der Waals surface area contributed by atoms with Gasteiger partial charge in [-0.25, -0.2) is 4.98 Å². The van der Waals surface area contributed by atoms with Crippen molar-refractivity contribution in [1.29, 1.82) is 0 Å². The fourth-order valence-electron chi connectivity index (χ4n) is 3.28. The number of fused-ring (bicyclic) bond motifs is 1. The van der Waals surface area contributed by atoms with E-state index in [0.29, 0.717) is 27.6 Å². The Labute approximate surface area is 185 Å². The van der Waals surface area contributed by atoms with Crippen molar-refractivity contribution in [3.05, 3.63) is 75.6 Å². The first-order valence-corrected chi connectivity index (χ1v) is 11.2. The first-order valence-electron chi connectivity index (χ1n) is 9.82. The van der Waals surface area contributed by atoms with Gasteiger partial charge in [-0.3, -0.25) is 14.2 Å². The zero-order chi connectivity index (χ0) is 21.7. The molecule has 1 heterocycles. The molecule has 0 unspecified atom stereocenters. The zero-order valence-electron chi connectivity index (χ0n) is 17.1. The molecule has 0 saturated heterocycles. The van der Waals surface area contributed by atoms with Crippen LogP contribution in [0.25, 0.3) is 10.9 Å². The number of aryl methyl sites for hydroxylation is 2. The summed E-state index contributed by atoms with van der Waals surface area (Å²) in [5.74, 6) is -0.00201. The third kappa shape index (κ3) is 4.77. The molecule has 0 fully saturated rings. The van der Waals surface area contributed by atoms with Gasteiger partial charge >= 0.3 is 0 Å². The van der Waals surface area contributed by atoms with Crippen LogP contribution in [-0.2, 0) is 24.2 Å². The summed E-state index contributed by atoms with van der Waals surface area (Å²) >= 11 is 7.29. The Hall–Kier alpha value is -2.57. The van der Waals surface area contributed by atoms with Crippen LogP contribution in [-0.4, -0.2) is 21.2 Å². The number of rotatable bonds is 8. The number of thioether (sulfide) groups is 1. The van der Waals surface area contributed by atoms with E-state index in [0.717, 1.165) is 29.7 Å². The second-order valence-electron chi connectivity index (χ2n) is 6.76. The van der Waals surface area contributed by atoms with E-state index in [2.05, 4.69) is 30.7 Å². The normalized spacial score (nSPS) is 10.9. The van der Waals surface area contributed by atoms with Gasteiger partial charge < -0.3 is 5.32 Å². The first-order chi connectivity index (χ1) is 14.5. The topological polar surface area (TPSA) is 64.0 Å². The second-order valence-corrected chi connectivity index (χ2v) is 8.13. The predicted octanol–water partition coefficient (Wildman–Crippen LogP) is 5.09. The van der Waals surface area contributed by atoms with Crippen LogP contribution in [0.5, 0.6) is 0 Å². The van der Waals surface area contributed by atoms with Crippen molar-refractivity contribution >= 4 is 45.9 Å². The minimum absolute atomic E-state index is 0.136. The lowest BCUT2D eigenvalue weighted by molar-refractivity contribution is -0.113. The van der Waals surface area contributed by atoms with Crippen LogP contribution in [0.1, 0.15) is 25.0 Å². The fourth-order valence-corrected chi connectivity index (χ4v) is 4.26. The molecule has 3 aromatic rings. The van der Waals surface area contributed by atoms with Crippen molar-refractivity contribution in [3.63, 3.8) is 0 Å². The van der Waals surface area contributed by atoms with Crippen LogP contribution >= 0.6 is 23.4 Å².